The van der Waals surface area contributed by atoms with E-state index in [1.165, 1.54) is 32.1 Å². The highest BCUT2D eigenvalue weighted by molar-refractivity contribution is 5.95. The summed E-state index contributed by atoms with van der Waals surface area (Å²) in [5.74, 6) is 0.463. The second-order valence-electron chi connectivity index (χ2n) is 7.22. The number of amides is 1. The molecule has 0 N–H and O–H groups in total. The van der Waals surface area contributed by atoms with Gasteiger partial charge in [0.2, 0.25) is 5.91 Å². The van der Waals surface area contributed by atoms with Crippen LogP contribution in [0.5, 0.6) is 0 Å². The molecule has 0 saturated heterocycles. The lowest BCUT2D eigenvalue weighted by atomic mass is 9.88. The van der Waals surface area contributed by atoms with Gasteiger partial charge in [-0.2, -0.15) is 5.10 Å². The zero-order valence-electron chi connectivity index (χ0n) is 14.3. The lowest BCUT2D eigenvalue weighted by molar-refractivity contribution is -0.123. The van der Waals surface area contributed by atoms with Crippen LogP contribution in [0.25, 0.3) is 11.1 Å². The predicted molar refractivity (Wildman–Crippen MR) is 95.9 cm³/mol. The Morgan fingerprint density at radius 3 is 2.67 bits per heavy atom. The number of hydrogen-bond acceptors (Lipinski definition) is 2. The van der Waals surface area contributed by atoms with Gasteiger partial charge in [0.15, 0.2) is 0 Å². The summed E-state index contributed by atoms with van der Waals surface area (Å²) in [4.78, 5) is 14.6. The van der Waals surface area contributed by atoms with E-state index >= 15 is 0 Å². The maximum absolute atomic E-state index is 12.8. The van der Waals surface area contributed by atoms with Crippen molar-refractivity contribution in [2.24, 2.45) is 5.92 Å². The van der Waals surface area contributed by atoms with Crippen LogP contribution in [-0.2, 0) is 4.79 Å². The fourth-order valence-corrected chi connectivity index (χ4v) is 3.67. The molecule has 4 heteroatoms. The standard InChI is InChI=1S/C20H25N3O/c1-22(20(24)15-6-3-2-4-7-15)19-9-5-8-16(12-19)17-13-21-23(14-17)18-10-11-18/h5,8-9,12-15,18H,2-4,6-7,10-11H2,1H3. The predicted octanol–water partition coefficient (Wildman–Crippen LogP) is 4.43. The summed E-state index contributed by atoms with van der Waals surface area (Å²) in [6.07, 6.45) is 12.2. The van der Waals surface area contributed by atoms with Crippen molar-refractivity contribution in [3.8, 4) is 11.1 Å². The lowest BCUT2D eigenvalue weighted by Crippen LogP contribution is -2.33. The van der Waals surface area contributed by atoms with E-state index in [1.807, 2.05) is 30.3 Å². The second kappa shape index (κ2) is 6.42. The summed E-state index contributed by atoms with van der Waals surface area (Å²) in [5.41, 5.74) is 3.23. The molecule has 4 nitrogen and oxygen atoms in total. The Morgan fingerprint density at radius 2 is 1.92 bits per heavy atom. The molecule has 126 valence electrons. The third kappa shape index (κ3) is 3.10. The van der Waals surface area contributed by atoms with Gasteiger partial charge in [-0.05, 0) is 43.4 Å². The molecule has 0 atom stereocenters. The molecular weight excluding hydrogens is 298 g/mol. The van der Waals surface area contributed by atoms with Crippen molar-refractivity contribution in [2.75, 3.05) is 11.9 Å². The number of hydrogen-bond donors (Lipinski definition) is 0. The molecule has 0 spiro atoms. The highest BCUT2D eigenvalue weighted by atomic mass is 16.2. The normalized spacial score (nSPS) is 18.5. The van der Waals surface area contributed by atoms with Crippen LogP contribution < -0.4 is 4.90 Å². The minimum atomic E-state index is 0.199. The quantitative estimate of drug-likeness (QED) is 0.835. The van der Waals surface area contributed by atoms with Gasteiger partial charge >= 0.3 is 0 Å². The maximum Gasteiger partial charge on any atom is 0.229 e. The molecule has 0 unspecified atom stereocenters. The molecule has 2 aliphatic carbocycles. The molecule has 2 saturated carbocycles. The monoisotopic (exact) mass is 323 g/mol. The molecule has 2 aliphatic rings. The van der Waals surface area contributed by atoms with E-state index in [1.54, 1.807) is 0 Å². The van der Waals surface area contributed by atoms with E-state index in [0.29, 0.717) is 6.04 Å². The number of carbonyl (C=O) groups is 1. The molecule has 1 amide bonds. The van der Waals surface area contributed by atoms with Crippen LogP contribution in [0.2, 0.25) is 0 Å². The summed E-state index contributed by atoms with van der Waals surface area (Å²) in [7, 11) is 1.91. The Bertz CT molecular complexity index is 726. The number of carbonyl (C=O) groups excluding carboxylic acids is 1. The van der Waals surface area contributed by atoms with E-state index in [-0.39, 0.29) is 11.8 Å². The van der Waals surface area contributed by atoms with Crippen LogP contribution in [0, 0.1) is 5.92 Å². The Balaban J connectivity index is 1.53. The molecule has 1 heterocycles. The first-order valence-electron chi connectivity index (χ1n) is 9.14. The number of aromatic nitrogens is 2. The van der Waals surface area contributed by atoms with Crippen molar-refractivity contribution in [1.29, 1.82) is 0 Å². The van der Waals surface area contributed by atoms with E-state index < -0.39 is 0 Å². The van der Waals surface area contributed by atoms with Crippen molar-refractivity contribution >= 4 is 11.6 Å². The Hall–Kier alpha value is -2.10. The minimum absolute atomic E-state index is 0.199. The van der Waals surface area contributed by atoms with Crippen molar-refractivity contribution in [3.63, 3.8) is 0 Å². The number of rotatable bonds is 4. The zero-order chi connectivity index (χ0) is 16.5. The van der Waals surface area contributed by atoms with Crippen LogP contribution in [-0.4, -0.2) is 22.7 Å². The fraction of sp³-hybridized carbons (Fsp3) is 0.500. The SMILES string of the molecule is CN(C(=O)C1CCCCC1)c1cccc(-c2cnn(C3CC3)c2)c1. The highest BCUT2D eigenvalue weighted by Crippen LogP contribution is 2.35. The largest absolute Gasteiger partial charge is 0.315 e. The first kappa shape index (κ1) is 15.4. The van der Waals surface area contributed by atoms with Crippen LogP contribution in [0.4, 0.5) is 5.69 Å². The minimum Gasteiger partial charge on any atom is -0.315 e. The topological polar surface area (TPSA) is 38.1 Å². The summed E-state index contributed by atoms with van der Waals surface area (Å²) in [5, 5.41) is 4.47. The van der Waals surface area contributed by atoms with Gasteiger partial charge in [-0.15, -0.1) is 0 Å². The number of anilines is 1. The highest BCUT2D eigenvalue weighted by Gasteiger charge is 2.26. The van der Waals surface area contributed by atoms with Gasteiger partial charge in [-0.3, -0.25) is 9.48 Å². The average Bonchev–Trinajstić information content (AvgIpc) is 3.38. The molecular formula is C20H25N3O. The molecule has 0 radical (unpaired) electrons. The summed E-state index contributed by atoms with van der Waals surface area (Å²) in [6.45, 7) is 0. The van der Waals surface area contributed by atoms with Gasteiger partial charge in [0, 0.05) is 30.4 Å². The van der Waals surface area contributed by atoms with Gasteiger partial charge in [-0.25, -0.2) is 0 Å². The average molecular weight is 323 g/mol. The second-order valence-corrected chi connectivity index (χ2v) is 7.22. The smallest absolute Gasteiger partial charge is 0.229 e. The van der Waals surface area contributed by atoms with Crippen molar-refractivity contribution in [3.05, 3.63) is 36.7 Å². The molecule has 1 aromatic carbocycles. The molecule has 2 fully saturated rings. The fourth-order valence-electron chi connectivity index (χ4n) is 3.67. The van der Waals surface area contributed by atoms with Crippen molar-refractivity contribution in [1.82, 2.24) is 9.78 Å². The molecule has 0 bridgehead atoms. The third-order valence-corrected chi connectivity index (χ3v) is 5.37. The Labute approximate surface area is 143 Å². The first-order chi connectivity index (χ1) is 11.7. The van der Waals surface area contributed by atoms with E-state index in [2.05, 4.69) is 28.1 Å². The van der Waals surface area contributed by atoms with Gasteiger partial charge in [0.1, 0.15) is 0 Å². The number of benzene rings is 1. The summed E-state index contributed by atoms with van der Waals surface area (Å²) in [6, 6.07) is 8.85. The first-order valence-corrected chi connectivity index (χ1v) is 9.14. The molecule has 0 aliphatic heterocycles. The van der Waals surface area contributed by atoms with Crippen LogP contribution in [0.1, 0.15) is 51.0 Å². The van der Waals surface area contributed by atoms with Gasteiger partial charge in [0.25, 0.3) is 0 Å². The summed E-state index contributed by atoms with van der Waals surface area (Å²) < 4.78 is 2.07. The van der Waals surface area contributed by atoms with Crippen molar-refractivity contribution in [2.45, 2.75) is 51.0 Å². The third-order valence-electron chi connectivity index (χ3n) is 5.37. The van der Waals surface area contributed by atoms with Gasteiger partial charge in [-0.1, -0.05) is 31.4 Å². The van der Waals surface area contributed by atoms with Gasteiger partial charge < -0.3 is 4.90 Å². The van der Waals surface area contributed by atoms with Crippen LogP contribution >= 0.6 is 0 Å². The number of nitrogens with zero attached hydrogens (tertiary/aromatic N) is 3. The van der Waals surface area contributed by atoms with E-state index in [4.69, 9.17) is 0 Å². The van der Waals surface area contributed by atoms with E-state index in [0.717, 1.165) is 29.7 Å². The maximum atomic E-state index is 12.8. The molecule has 1 aromatic heterocycles. The lowest BCUT2D eigenvalue weighted by Gasteiger charge is -2.26. The Morgan fingerprint density at radius 1 is 1.12 bits per heavy atom. The van der Waals surface area contributed by atoms with Crippen molar-refractivity contribution < 1.29 is 4.79 Å². The zero-order valence-corrected chi connectivity index (χ0v) is 14.3. The van der Waals surface area contributed by atoms with Crippen LogP contribution in [0.3, 0.4) is 0 Å². The molecule has 2 aromatic rings. The molecule has 24 heavy (non-hydrogen) atoms. The molecule has 4 rings (SSSR count). The Kier molecular flexibility index (Phi) is 4.13. The van der Waals surface area contributed by atoms with Gasteiger partial charge in [0.05, 0.1) is 12.2 Å². The van der Waals surface area contributed by atoms with E-state index in [9.17, 15) is 4.79 Å². The summed E-state index contributed by atoms with van der Waals surface area (Å²) >= 11 is 0. The van der Waals surface area contributed by atoms with Crippen LogP contribution in [0.15, 0.2) is 36.7 Å².